The second-order valence-corrected chi connectivity index (χ2v) is 7.93. The minimum Gasteiger partial charge on any atom is -0.384 e. The summed E-state index contributed by atoms with van der Waals surface area (Å²) in [6.07, 6.45) is 1.33. The van der Waals surface area contributed by atoms with Crippen LogP contribution in [0, 0.1) is 11.3 Å². The minimum atomic E-state index is -1.06. The Morgan fingerprint density at radius 2 is 1.79 bits per heavy atom. The Morgan fingerprint density at radius 3 is 2.41 bits per heavy atom. The van der Waals surface area contributed by atoms with Gasteiger partial charge in [-0.3, -0.25) is 0 Å². The lowest BCUT2D eigenvalue weighted by atomic mass is 9.96. The van der Waals surface area contributed by atoms with Crippen molar-refractivity contribution in [2.45, 2.75) is 32.3 Å². The first kappa shape index (κ1) is 27.1. The molecule has 0 aliphatic rings. The zero-order valence-electron chi connectivity index (χ0n) is 19.5. The van der Waals surface area contributed by atoms with Gasteiger partial charge in [-0.25, -0.2) is 9.67 Å². The number of aryl methyl sites for hydroxylation is 1. The van der Waals surface area contributed by atoms with Crippen LogP contribution in [-0.4, -0.2) is 40.5 Å². The van der Waals surface area contributed by atoms with E-state index in [0.717, 1.165) is 17.7 Å². The van der Waals surface area contributed by atoms with Crippen molar-refractivity contribution in [3.63, 3.8) is 0 Å². The Hall–Kier alpha value is -3.10. The van der Waals surface area contributed by atoms with Gasteiger partial charge in [0.1, 0.15) is 23.1 Å². The molecule has 0 saturated heterocycles. The normalized spacial score (nSPS) is 12.8. The van der Waals surface area contributed by atoms with Gasteiger partial charge < -0.3 is 21.5 Å². The molecule has 3 rings (SSSR count). The molecule has 0 saturated carbocycles. The van der Waals surface area contributed by atoms with E-state index in [2.05, 4.69) is 26.8 Å². The molecule has 180 valence electrons. The van der Waals surface area contributed by atoms with Gasteiger partial charge in [-0.1, -0.05) is 48.5 Å². The molecule has 0 fully saturated rings. The van der Waals surface area contributed by atoms with Crippen LogP contribution in [0.5, 0.6) is 0 Å². The topological polar surface area (TPSA) is 124 Å². The lowest BCUT2D eigenvalue weighted by Crippen LogP contribution is -2.39. The number of para-hydroxylation sites is 1. The summed E-state index contributed by atoms with van der Waals surface area (Å²) in [5.41, 5.74) is 7.85. The second-order valence-electron chi connectivity index (χ2n) is 7.93. The fourth-order valence-corrected chi connectivity index (χ4v) is 3.47. The quantitative estimate of drug-likeness (QED) is 0.135. The number of guanidine groups is 1. The van der Waals surface area contributed by atoms with Crippen LogP contribution in [0.2, 0.25) is 0 Å². The molecule has 3 aromatic rings. The smallest absolute Gasteiger partial charge is 0.191 e. The molecule has 0 aliphatic carbocycles. The first-order valence-corrected chi connectivity index (χ1v) is 11.1. The van der Waals surface area contributed by atoms with E-state index in [4.69, 9.17) is 5.73 Å². The van der Waals surface area contributed by atoms with Crippen molar-refractivity contribution in [2.24, 2.45) is 4.99 Å². The fraction of sp³-hybridized carbons (Fsp3) is 0.320. The number of halogens is 1. The van der Waals surface area contributed by atoms with Gasteiger partial charge in [0.15, 0.2) is 5.96 Å². The van der Waals surface area contributed by atoms with Crippen molar-refractivity contribution in [2.75, 3.05) is 25.4 Å². The third-order valence-electron chi connectivity index (χ3n) is 5.27. The zero-order valence-corrected chi connectivity index (χ0v) is 21.9. The molecular formula is C25H32IN7O. The number of nitrogen functional groups attached to an aromatic ring is 1. The fourth-order valence-electron chi connectivity index (χ4n) is 3.47. The van der Waals surface area contributed by atoms with Gasteiger partial charge in [-0.05, 0) is 44.4 Å². The number of aliphatic imine (C=N–C) groups is 1. The predicted octanol–water partition coefficient (Wildman–Crippen LogP) is 3.34. The number of hydrogen-bond donors (Lipinski definition) is 4. The molecule has 1 heterocycles. The van der Waals surface area contributed by atoms with Crippen LogP contribution in [-0.2, 0) is 12.0 Å². The summed E-state index contributed by atoms with van der Waals surface area (Å²) < 4.78 is 1.61. The van der Waals surface area contributed by atoms with Crippen molar-refractivity contribution in [1.29, 1.82) is 5.26 Å². The van der Waals surface area contributed by atoms with E-state index in [1.54, 1.807) is 11.6 Å². The average molecular weight is 573 g/mol. The van der Waals surface area contributed by atoms with Crippen LogP contribution < -0.4 is 16.4 Å². The highest BCUT2D eigenvalue weighted by Gasteiger charge is 2.22. The van der Waals surface area contributed by atoms with E-state index in [1.807, 2.05) is 67.6 Å². The van der Waals surface area contributed by atoms with Crippen LogP contribution in [0.4, 0.5) is 5.82 Å². The van der Waals surface area contributed by atoms with Crippen molar-refractivity contribution in [1.82, 2.24) is 20.4 Å². The van der Waals surface area contributed by atoms with Crippen molar-refractivity contribution in [3.05, 3.63) is 77.5 Å². The first-order chi connectivity index (χ1) is 16.0. The Kier molecular flexibility index (Phi) is 10.3. The van der Waals surface area contributed by atoms with E-state index in [9.17, 15) is 10.4 Å². The summed E-state index contributed by atoms with van der Waals surface area (Å²) in [6, 6.07) is 21.2. The number of nitriles is 1. The van der Waals surface area contributed by atoms with Crippen LogP contribution in [0.25, 0.3) is 5.69 Å². The molecule has 0 aliphatic heterocycles. The van der Waals surface area contributed by atoms with E-state index >= 15 is 0 Å². The molecule has 0 amide bonds. The maximum Gasteiger partial charge on any atom is 0.191 e. The van der Waals surface area contributed by atoms with Crippen molar-refractivity contribution in [3.8, 4) is 11.8 Å². The number of rotatable bonds is 9. The number of nitrogens with one attached hydrogen (secondary N) is 2. The number of anilines is 1. The molecule has 2 aromatic carbocycles. The Labute approximate surface area is 217 Å². The maximum atomic E-state index is 10.8. The summed E-state index contributed by atoms with van der Waals surface area (Å²) in [5, 5.41) is 31.4. The number of nitrogens with two attached hydrogens (primary N) is 1. The molecule has 9 heteroatoms. The predicted molar refractivity (Wildman–Crippen MR) is 146 cm³/mol. The van der Waals surface area contributed by atoms with Gasteiger partial charge in [0.25, 0.3) is 0 Å². The van der Waals surface area contributed by atoms with Gasteiger partial charge in [0.2, 0.25) is 0 Å². The molecule has 1 atom stereocenters. The van der Waals surface area contributed by atoms with Gasteiger partial charge in [-0.15, -0.1) is 24.0 Å². The summed E-state index contributed by atoms with van der Waals surface area (Å²) >= 11 is 0. The third-order valence-corrected chi connectivity index (χ3v) is 5.27. The number of aromatic nitrogens is 2. The van der Waals surface area contributed by atoms with Crippen molar-refractivity contribution >= 4 is 35.8 Å². The average Bonchev–Trinajstić information content (AvgIpc) is 3.16. The van der Waals surface area contributed by atoms with Crippen molar-refractivity contribution < 1.29 is 5.11 Å². The molecule has 8 nitrogen and oxygen atoms in total. The van der Waals surface area contributed by atoms with Gasteiger partial charge >= 0.3 is 0 Å². The highest BCUT2D eigenvalue weighted by Crippen LogP contribution is 2.22. The summed E-state index contributed by atoms with van der Waals surface area (Å²) in [4.78, 5) is 4.55. The van der Waals surface area contributed by atoms with Crippen LogP contribution >= 0.6 is 24.0 Å². The van der Waals surface area contributed by atoms with E-state index in [0.29, 0.717) is 42.5 Å². The second kappa shape index (κ2) is 13.0. The number of nitrogens with zero attached hydrogens (tertiary/aromatic N) is 4. The van der Waals surface area contributed by atoms with E-state index in [1.165, 1.54) is 0 Å². The summed E-state index contributed by atoms with van der Waals surface area (Å²) in [5.74, 6) is 0.980. The standard InChI is InChI=1S/C25H31N7O.HI/c1-3-28-24(30-18-25(2,33)19-11-6-4-7-12-19)29-16-10-15-22-21(17-26)23(27)32(31-22)20-13-8-5-9-14-20;/h4-9,11-14,33H,3,10,15-16,18,27H2,1-2H3,(H2,28,29,30);1H. The van der Waals surface area contributed by atoms with Crippen LogP contribution in [0.15, 0.2) is 65.7 Å². The number of benzene rings is 2. The highest BCUT2D eigenvalue weighted by atomic mass is 127. The van der Waals surface area contributed by atoms with Gasteiger partial charge in [0.05, 0.1) is 17.9 Å². The molecule has 1 unspecified atom stereocenters. The summed E-state index contributed by atoms with van der Waals surface area (Å²) in [6.45, 7) is 5.30. The molecule has 0 spiro atoms. The van der Waals surface area contributed by atoms with E-state index in [-0.39, 0.29) is 30.5 Å². The Bertz CT molecular complexity index is 1110. The molecule has 0 bridgehead atoms. The third kappa shape index (κ3) is 6.95. The largest absolute Gasteiger partial charge is 0.384 e. The molecular weight excluding hydrogens is 541 g/mol. The maximum absolute atomic E-state index is 10.8. The molecule has 1 aromatic heterocycles. The lowest BCUT2D eigenvalue weighted by molar-refractivity contribution is 0.0672. The van der Waals surface area contributed by atoms with Crippen LogP contribution in [0.1, 0.15) is 37.1 Å². The van der Waals surface area contributed by atoms with Gasteiger partial charge in [0, 0.05) is 13.1 Å². The lowest BCUT2D eigenvalue weighted by Gasteiger charge is -2.22. The monoisotopic (exact) mass is 573 g/mol. The molecule has 34 heavy (non-hydrogen) atoms. The first-order valence-electron chi connectivity index (χ1n) is 11.1. The zero-order chi connectivity index (χ0) is 23.7. The summed E-state index contributed by atoms with van der Waals surface area (Å²) in [7, 11) is 0. The van der Waals surface area contributed by atoms with E-state index < -0.39 is 5.60 Å². The van der Waals surface area contributed by atoms with Gasteiger partial charge in [-0.2, -0.15) is 10.4 Å². The minimum absolute atomic E-state index is 0. The molecule has 5 N–H and O–H groups in total. The van der Waals surface area contributed by atoms with Crippen LogP contribution in [0.3, 0.4) is 0 Å². The number of aliphatic hydroxyl groups is 1. The highest BCUT2D eigenvalue weighted by molar-refractivity contribution is 14.0. The SMILES string of the molecule is CCNC(=NCC(C)(O)c1ccccc1)NCCCc1nn(-c2ccccc2)c(N)c1C#N.I. The number of hydrogen-bond acceptors (Lipinski definition) is 5. The molecule has 0 radical (unpaired) electrons. The Morgan fingerprint density at radius 1 is 1.15 bits per heavy atom. The Balaban J connectivity index is 0.00000408.